The Hall–Kier alpha value is -2.34. The number of hydrogen-bond donors (Lipinski definition) is 1. The average Bonchev–Trinajstić information content (AvgIpc) is 2.77. The van der Waals surface area contributed by atoms with E-state index in [4.69, 9.17) is 9.47 Å². The summed E-state index contributed by atoms with van der Waals surface area (Å²) < 4.78 is 10.4. The molecule has 0 aliphatic carbocycles. The molecular formula is C17H21N3O3. The van der Waals surface area contributed by atoms with Gasteiger partial charge < -0.3 is 19.5 Å². The van der Waals surface area contributed by atoms with Crippen molar-refractivity contribution in [3.05, 3.63) is 41.2 Å². The molecule has 23 heavy (non-hydrogen) atoms. The predicted octanol–water partition coefficient (Wildman–Crippen LogP) is 1.94. The van der Waals surface area contributed by atoms with Crippen LogP contribution in [0.4, 0.5) is 5.82 Å². The van der Waals surface area contributed by atoms with Gasteiger partial charge in [-0.15, -0.1) is 0 Å². The van der Waals surface area contributed by atoms with Crippen molar-refractivity contribution in [1.82, 2.24) is 9.97 Å². The fraction of sp³-hybridized carbons (Fsp3) is 0.412. The molecule has 1 aromatic heterocycles. The van der Waals surface area contributed by atoms with Crippen LogP contribution >= 0.6 is 0 Å². The second-order valence-corrected chi connectivity index (χ2v) is 5.56. The Bertz CT molecular complexity index is 691. The van der Waals surface area contributed by atoms with Crippen molar-refractivity contribution in [2.75, 3.05) is 32.2 Å². The lowest BCUT2D eigenvalue weighted by molar-refractivity contribution is 0.177. The van der Waals surface area contributed by atoms with Gasteiger partial charge in [0.25, 0.3) is 0 Å². The van der Waals surface area contributed by atoms with Gasteiger partial charge in [0.2, 0.25) is 5.88 Å². The minimum absolute atomic E-state index is 0.322. The van der Waals surface area contributed by atoms with Gasteiger partial charge in [0.05, 0.1) is 7.11 Å². The SMILES string of the molecule is COCc1nc(OC)cc(N2CCc3ccc(O)cc3CC2)n1. The maximum Gasteiger partial charge on any atom is 0.218 e. The van der Waals surface area contributed by atoms with Crippen LogP contribution < -0.4 is 9.64 Å². The predicted molar refractivity (Wildman–Crippen MR) is 87.0 cm³/mol. The number of hydrogen-bond acceptors (Lipinski definition) is 6. The van der Waals surface area contributed by atoms with Crippen LogP contribution in [0.15, 0.2) is 24.3 Å². The normalized spacial score (nSPS) is 14.3. The van der Waals surface area contributed by atoms with Crippen LogP contribution in [0.3, 0.4) is 0 Å². The zero-order chi connectivity index (χ0) is 16.2. The van der Waals surface area contributed by atoms with Crippen molar-refractivity contribution >= 4 is 5.82 Å². The standard InChI is InChI=1S/C17H21N3O3/c1-22-11-15-18-16(10-17(19-15)23-2)20-7-5-12-3-4-14(21)9-13(12)6-8-20/h3-4,9-10,21H,5-8,11H2,1-2H3. The summed E-state index contributed by atoms with van der Waals surface area (Å²) in [6.07, 6.45) is 1.79. The van der Waals surface area contributed by atoms with Crippen LogP contribution in [0.1, 0.15) is 17.0 Å². The lowest BCUT2D eigenvalue weighted by Crippen LogP contribution is -2.27. The fourth-order valence-corrected chi connectivity index (χ4v) is 2.86. The Kier molecular flexibility index (Phi) is 4.62. The first-order valence-electron chi connectivity index (χ1n) is 7.66. The van der Waals surface area contributed by atoms with Gasteiger partial charge in [-0.1, -0.05) is 6.07 Å². The summed E-state index contributed by atoms with van der Waals surface area (Å²) in [4.78, 5) is 11.1. The molecule has 0 amide bonds. The number of phenols is 1. The Morgan fingerprint density at radius 1 is 1.09 bits per heavy atom. The van der Waals surface area contributed by atoms with Crippen molar-refractivity contribution < 1.29 is 14.6 Å². The zero-order valence-corrected chi connectivity index (χ0v) is 13.5. The highest BCUT2D eigenvalue weighted by molar-refractivity contribution is 5.45. The summed E-state index contributed by atoms with van der Waals surface area (Å²) >= 11 is 0. The van der Waals surface area contributed by atoms with E-state index in [2.05, 4.69) is 14.9 Å². The lowest BCUT2D eigenvalue weighted by Gasteiger charge is -2.22. The van der Waals surface area contributed by atoms with E-state index in [1.54, 1.807) is 20.3 Å². The second-order valence-electron chi connectivity index (χ2n) is 5.56. The van der Waals surface area contributed by atoms with Gasteiger partial charge in [-0.05, 0) is 36.1 Å². The minimum atomic E-state index is 0.322. The molecule has 122 valence electrons. The van der Waals surface area contributed by atoms with Crippen LogP contribution in [-0.4, -0.2) is 42.4 Å². The van der Waals surface area contributed by atoms with E-state index in [0.717, 1.165) is 31.7 Å². The van der Waals surface area contributed by atoms with Gasteiger partial charge in [-0.2, -0.15) is 4.98 Å². The minimum Gasteiger partial charge on any atom is -0.508 e. The summed E-state index contributed by atoms with van der Waals surface area (Å²) in [7, 11) is 3.22. The van der Waals surface area contributed by atoms with Crippen LogP contribution in [0.25, 0.3) is 0 Å². The molecule has 3 rings (SSSR count). The van der Waals surface area contributed by atoms with Crippen molar-refractivity contribution in [3.8, 4) is 11.6 Å². The smallest absolute Gasteiger partial charge is 0.218 e. The molecule has 0 saturated carbocycles. The maximum absolute atomic E-state index is 9.66. The average molecular weight is 315 g/mol. The molecule has 1 aromatic carbocycles. The zero-order valence-electron chi connectivity index (χ0n) is 13.5. The van der Waals surface area contributed by atoms with E-state index < -0.39 is 0 Å². The Labute approximate surface area is 135 Å². The van der Waals surface area contributed by atoms with Crippen molar-refractivity contribution in [1.29, 1.82) is 0 Å². The number of anilines is 1. The Morgan fingerprint density at radius 3 is 2.61 bits per heavy atom. The number of methoxy groups -OCH3 is 2. The fourth-order valence-electron chi connectivity index (χ4n) is 2.86. The van der Waals surface area contributed by atoms with Crippen molar-refractivity contribution in [2.24, 2.45) is 0 Å². The molecule has 2 aromatic rings. The number of benzene rings is 1. The van der Waals surface area contributed by atoms with Crippen LogP contribution in [0, 0.1) is 0 Å². The number of ether oxygens (including phenoxy) is 2. The molecule has 6 heteroatoms. The van der Waals surface area contributed by atoms with Crippen LogP contribution in [0.5, 0.6) is 11.6 Å². The number of aromatic hydroxyl groups is 1. The van der Waals surface area contributed by atoms with E-state index in [9.17, 15) is 5.11 Å². The number of fused-ring (bicyclic) bond motifs is 1. The van der Waals surface area contributed by atoms with E-state index in [-0.39, 0.29) is 0 Å². The first kappa shape index (κ1) is 15.6. The second kappa shape index (κ2) is 6.83. The molecule has 1 N–H and O–H groups in total. The molecule has 0 bridgehead atoms. The van der Waals surface area contributed by atoms with E-state index in [1.807, 2.05) is 18.2 Å². The van der Waals surface area contributed by atoms with Crippen molar-refractivity contribution in [3.63, 3.8) is 0 Å². The summed E-state index contributed by atoms with van der Waals surface area (Å²) in [5.41, 5.74) is 2.48. The van der Waals surface area contributed by atoms with Gasteiger partial charge in [0.15, 0.2) is 5.82 Å². The molecule has 0 radical (unpaired) electrons. The van der Waals surface area contributed by atoms with Gasteiger partial charge in [0.1, 0.15) is 18.2 Å². The Balaban J connectivity index is 1.84. The highest BCUT2D eigenvalue weighted by Crippen LogP contribution is 2.24. The van der Waals surface area contributed by atoms with Crippen molar-refractivity contribution in [2.45, 2.75) is 19.4 Å². The van der Waals surface area contributed by atoms with Crippen LogP contribution in [-0.2, 0) is 24.2 Å². The molecule has 1 aliphatic heterocycles. The van der Waals surface area contributed by atoms with Gasteiger partial charge in [0, 0.05) is 26.3 Å². The number of nitrogens with zero attached hydrogens (tertiary/aromatic N) is 3. The number of rotatable bonds is 4. The van der Waals surface area contributed by atoms with Crippen LogP contribution in [0.2, 0.25) is 0 Å². The third-order valence-electron chi connectivity index (χ3n) is 4.03. The summed E-state index contributed by atoms with van der Waals surface area (Å²) in [5.74, 6) is 2.33. The maximum atomic E-state index is 9.66. The monoisotopic (exact) mass is 315 g/mol. The first-order chi connectivity index (χ1) is 11.2. The summed E-state index contributed by atoms with van der Waals surface area (Å²) in [6.45, 7) is 2.06. The van der Waals surface area contributed by atoms with Gasteiger partial charge >= 0.3 is 0 Å². The molecule has 6 nitrogen and oxygen atoms in total. The molecule has 2 heterocycles. The molecule has 0 unspecified atom stereocenters. The third-order valence-corrected chi connectivity index (χ3v) is 4.03. The largest absolute Gasteiger partial charge is 0.508 e. The molecule has 0 atom stereocenters. The quantitative estimate of drug-likeness (QED) is 0.930. The highest BCUT2D eigenvalue weighted by atomic mass is 16.5. The third kappa shape index (κ3) is 3.53. The van der Waals surface area contributed by atoms with E-state index in [0.29, 0.717) is 24.1 Å². The molecule has 0 fully saturated rings. The summed E-state index contributed by atoms with van der Waals surface area (Å²) in [6, 6.07) is 7.46. The topological polar surface area (TPSA) is 67.7 Å². The first-order valence-corrected chi connectivity index (χ1v) is 7.66. The molecule has 0 saturated heterocycles. The molecular weight excluding hydrogens is 294 g/mol. The highest BCUT2D eigenvalue weighted by Gasteiger charge is 2.17. The lowest BCUT2D eigenvalue weighted by atomic mass is 10.0. The van der Waals surface area contributed by atoms with E-state index >= 15 is 0 Å². The number of aromatic nitrogens is 2. The van der Waals surface area contributed by atoms with Gasteiger partial charge in [-0.25, -0.2) is 4.98 Å². The summed E-state index contributed by atoms with van der Waals surface area (Å²) in [5, 5.41) is 9.66. The van der Waals surface area contributed by atoms with E-state index in [1.165, 1.54) is 11.1 Å². The van der Waals surface area contributed by atoms with Gasteiger partial charge in [-0.3, -0.25) is 0 Å². The molecule has 1 aliphatic rings. The Morgan fingerprint density at radius 2 is 1.87 bits per heavy atom. The molecule has 0 spiro atoms. The number of phenolic OH excluding ortho intramolecular Hbond substituents is 1.